The number of aromatic hydroxyl groups is 1. The van der Waals surface area contributed by atoms with Gasteiger partial charge in [-0.2, -0.15) is 15.8 Å². The number of benzene rings is 1. The summed E-state index contributed by atoms with van der Waals surface area (Å²) in [7, 11) is 0. The van der Waals surface area contributed by atoms with Gasteiger partial charge >= 0.3 is 0 Å². The molecule has 0 bridgehead atoms. The zero-order valence-corrected chi connectivity index (χ0v) is 9.76. The summed E-state index contributed by atoms with van der Waals surface area (Å²) >= 11 is 0. The van der Waals surface area contributed by atoms with Crippen LogP contribution in [0.1, 0.15) is 16.7 Å². The van der Waals surface area contributed by atoms with Crippen molar-refractivity contribution in [2.45, 2.75) is 0 Å². The number of hydrogen-bond donors (Lipinski definition) is 2. The van der Waals surface area contributed by atoms with E-state index in [1.165, 1.54) is 0 Å². The molecule has 0 aliphatic rings. The zero-order valence-electron chi connectivity index (χ0n) is 9.76. The molecule has 2 aromatic rings. The van der Waals surface area contributed by atoms with Gasteiger partial charge in [-0.3, -0.25) is 9.59 Å². The largest absolute Gasteiger partial charge is 0.503 e. The van der Waals surface area contributed by atoms with Gasteiger partial charge in [0.2, 0.25) is 0 Å². The molecule has 2 rings (SSSR count). The van der Waals surface area contributed by atoms with Crippen LogP contribution < -0.4 is 11.0 Å². The first-order valence-electron chi connectivity index (χ1n) is 5.21. The van der Waals surface area contributed by atoms with Crippen molar-refractivity contribution in [1.29, 1.82) is 15.8 Å². The molecule has 0 atom stereocenters. The number of aromatic nitrogens is 1. The van der Waals surface area contributed by atoms with E-state index in [4.69, 9.17) is 15.8 Å². The number of rotatable bonds is 0. The molecule has 0 amide bonds. The Bertz CT molecular complexity index is 984. The Morgan fingerprint density at radius 1 is 1.00 bits per heavy atom. The summed E-state index contributed by atoms with van der Waals surface area (Å²) in [6, 6.07) is 6.89. The van der Waals surface area contributed by atoms with Crippen LogP contribution in [0, 0.1) is 34.0 Å². The van der Waals surface area contributed by atoms with E-state index in [0.717, 1.165) is 6.07 Å². The van der Waals surface area contributed by atoms with Crippen molar-refractivity contribution in [1.82, 2.24) is 4.98 Å². The quantitative estimate of drug-likeness (QED) is 0.696. The third-order valence-corrected chi connectivity index (χ3v) is 2.67. The van der Waals surface area contributed by atoms with Crippen LogP contribution in [0.25, 0.3) is 10.9 Å². The van der Waals surface area contributed by atoms with Gasteiger partial charge in [0.05, 0.1) is 27.6 Å². The fourth-order valence-electron chi connectivity index (χ4n) is 1.79. The van der Waals surface area contributed by atoms with Gasteiger partial charge in [0.15, 0.2) is 11.2 Å². The average molecular weight is 264 g/mol. The fourth-order valence-corrected chi connectivity index (χ4v) is 1.79. The highest BCUT2D eigenvalue weighted by Gasteiger charge is 2.15. The molecule has 0 aliphatic carbocycles. The molecule has 0 spiro atoms. The summed E-state index contributed by atoms with van der Waals surface area (Å²) < 4.78 is 0. The monoisotopic (exact) mass is 264 g/mol. The van der Waals surface area contributed by atoms with Crippen LogP contribution >= 0.6 is 0 Å². The van der Waals surface area contributed by atoms with Gasteiger partial charge in [-0.15, -0.1) is 0 Å². The first-order chi connectivity index (χ1) is 9.53. The van der Waals surface area contributed by atoms with Crippen LogP contribution in [0.5, 0.6) is 5.75 Å². The Labute approximate surface area is 111 Å². The molecule has 94 valence electrons. The average Bonchev–Trinajstić information content (AvgIpc) is 2.55. The minimum atomic E-state index is -0.970. The first kappa shape index (κ1) is 12.8. The molecule has 0 unspecified atom stereocenters. The number of H-pyrrole nitrogens is 1. The topological polar surface area (TPSA) is 142 Å². The van der Waals surface area contributed by atoms with Crippen molar-refractivity contribution < 1.29 is 5.11 Å². The van der Waals surface area contributed by atoms with Crippen molar-refractivity contribution in [3.05, 3.63) is 49.4 Å². The molecule has 1 aromatic carbocycles. The van der Waals surface area contributed by atoms with Gasteiger partial charge in [0.25, 0.3) is 5.56 Å². The molecule has 0 saturated heterocycles. The van der Waals surface area contributed by atoms with E-state index in [0.29, 0.717) is 6.07 Å². The van der Waals surface area contributed by atoms with Gasteiger partial charge in [-0.05, 0) is 6.07 Å². The molecular weight excluding hydrogens is 260 g/mol. The summed E-state index contributed by atoms with van der Waals surface area (Å²) in [5, 5.41) is 36.1. The fraction of sp³-hybridized carbons (Fsp3) is 0. The Morgan fingerprint density at radius 3 is 2.20 bits per heavy atom. The normalized spacial score (nSPS) is 9.45. The SMILES string of the molecule is N#Cc1cc(C#N)c2[nH]c(=O)c(O)cc(=O)c2c1C#N. The van der Waals surface area contributed by atoms with Gasteiger partial charge < -0.3 is 10.1 Å². The second kappa shape index (κ2) is 4.56. The number of nitrogens with one attached hydrogen (secondary N) is 1. The second-order valence-electron chi connectivity index (χ2n) is 3.78. The maximum absolute atomic E-state index is 12.0. The molecule has 7 heteroatoms. The molecule has 0 saturated carbocycles. The van der Waals surface area contributed by atoms with Gasteiger partial charge in [-0.1, -0.05) is 0 Å². The summed E-state index contributed by atoms with van der Waals surface area (Å²) in [4.78, 5) is 25.7. The zero-order chi connectivity index (χ0) is 14.9. The molecule has 20 heavy (non-hydrogen) atoms. The maximum Gasteiger partial charge on any atom is 0.290 e. The third-order valence-electron chi connectivity index (χ3n) is 2.67. The molecule has 7 nitrogen and oxygen atoms in total. The highest BCUT2D eigenvalue weighted by molar-refractivity contribution is 5.91. The van der Waals surface area contributed by atoms with Crippen LogP contribution in [-0.4, -0.2) is 10.1 Å². The number of nitriles is 3. The van der Waals surface area contributed by atoms with Gasteiger partial charge in [-0.25, -0.2) is 0 Å². The number of aromatic amines is 1. The molecule has 0 aliphatic heterocycles. The summed E-state index contributed by atoms with van der Waals surface area (Å²) in [5.74, 6) is -0.836. The second-order valence-corrected chi connectivity index (χ2v) is 3.78. The van der Waals surface area contributed by atoms with Crippen molar-refractivity contribution in [3.63, 3.8) is 0 Å². The van der Waals surface area contributed by atoms with Crippen LogP contribution in [0.3, 0.4) is 0 Å². The van der Waals surface area contributed by atoms with Gasteiger partial charge in [0.1, 0.15) is 18.2 Å². The Hall–Kier alpha value is -3.63. The Balaban J connectivity index is 3.34. The van der Waals surface area contributed by atoms with E-state index in [-0.39, 0.29) is 27.6 Å². The highest BCUT2D eigenvalue weighted by Crippen LogP contribution is 2.20. The predicted molar refractivity (Wildman–Crippen MR) is 66.6 cm³/mol. The minimum Gasteiger partial charge on any atom is -0.503 e. The number of nitrogens with zero attached hydrogens (tertiary/aromatic N) is 3. The molecule has 0 fully saturated rings. The van der Waals surface area contributed by atoms with E-state index in [2.05, 4.69) is 4.98 Å². The Morgan fingerprint density at radius 2 is 1.65 bits per heavy atom. The van der Waals surface area contributed by atoms with Crippen molar-refractivity contribution in [2.75, 3.05) is 0 Å². The number of hydrogen-bond acceptors (Lipinski definition) is 6. The smallest absolute Gasteiger partial charge is 0.290 e. The molecular formula is C13H4N4O3. The lowest BCUT2D eigenvalue weighted by Gasteiger charge is -2.00. The summed E-state index contributed by atoms with van der Waals surface area (Å²) in [6.45, 7) is 0. The third kappa shape index (κ3) is 1.74. The summed E-state index contributed by atoms with van der Waals surface area (Å²) in [5.41, 5.74) is -2.53. The molecule has 1 heterocycles. The van der Waals surface area contributed by atoms with Crippen molar-refractivity contribution >= 4 is 10.9 Å². The first-order valence-corrected chi connectivity index (χ1v) is 5.21. The van der Waals surface area contributed by atoms with Crippen LogP contribution in [0.15, 0.2) is 21.7 Å². The van der Waals surface area contributed by atoms with E-state index >= 15 is 0 Å². The standard InChI is InChI=1S/C13H4N4O3/c14-3-6-1-7(4-15)12-11(8(6)5-16)9(18)2-10(19)13(20)17-12/h1-2,19H,(H,17,20). The number of fused-ring (bicyclic) bond motifs is 1. The van der Waals surface area contributed by atoms with E-state index < -0.39 is 16.7 Å². The van der Waals surface area contributed by atoms with Gasteiger partial charge in [0, 0.05) is 6.07 Å². The van der Waals surface area contributed by atoms with E-state index in [1.807, 2.05) is 0 Å². The lowest BCUT2D eigenvalue weighted by Crippen LogP contribution is -2.03. The van der Waals surface area contributed by atoms with Crippen molar-refractivity contribution in [2.24, 2.45) is 0 Å². The molecule has 0 radical (unpaired) electrons. The molecule has 1 aromatic heterocycles. The van der Waals surface area contributed by atoms with Crippen molar-refractivity contribution in [3.8, 4) is 24.0 Å². The Kier molecular flexibility index (Phi) is 2.93. The van der Waals surface area contributed by atoms with Crippen LogP contribution in [0.4, 0.5) is 0 Å². The van der Waals surface area contributed by atoms with Crippen LogP contribution in [-0.2, 0) is 0 Å². The van der Waals surface area contributed by atoms with Crippen LogP contribution in [0.2, 0.25) is 0 Å². The predicted octanol–water partition coefficient (Wildman–Crippen LogP) is 0.209. The lowest BCUT2D eigenvalue weighted by molar-refractivity contribution is 0.468. The van der Waals surface area contributed by atoms with E-state index in [1.54, 1.807) is 18.2 Å². The summed E-state index contributed by atoms with van der Waals surface area (Å²) in [6.07, 6.45) is 0. The highest BCUT2D eigenvalue weighted by atomic mass is 16.3. The lowest BCUT2D eigenvalue weighted by atomic mass is 10.00. The van der Waals surface area contributed by atoms with E-state index in [9.17, 15) is 14.7 Å². The molecule has 2 N–H and O–H groups in total. The maximum atomic E-state index is 12.0. The minimum absolute atomic E-state index is 0.139.